The standard InChI is InChI=1S/C32H38F2N6O/c1-21-23-8-7-9-25(18-23)32(33,34)24-10-16-39(17-11-24)14-5-3-4-6-15-40-29-26(28(36-21)37-22(2)38-29)19-27(30(40)41)31(20-35)12-13-31/h7-9,18-19,21,24H,3-6,10-17H2,1-2H3,(H,36,37,38)/t21-/m1/s1. The van der Waals surface area contributed by atoms with Crippen LogP contribution < -0.4 is 10.9 Å². The van der Waals surface area contributed by atoms with E-state index in [-0.39, 0.29) is 17.2 Å². The Morgan fingerprint density at radius 3 is 2.46 bits per heavy atom. The number of pyridine rings is 1. The van der Waals surface area contributed by atoms with Crippen LogP contribution in [0.4, 0.5) is 14.6 Å². The molecule has 0 unspecified atom stereocenters. The summed E-state index contributed by atoms with van der Waals surface area (Å²) >= 11 is 0. The number of hydrogen-bond donors (Lipinski definition) is 1. The van der Waals surface area contributed by atoms with Crippen molar-refractivity contribution in [3.63, 3.8) is 0 Å². The number of halogens is 2. The Kier molecular flexibility index (Phi) is 7.31. The predicted molar refractivity (Wildman–Crippen MR) is 155 cm³/mol. The molecule has 1 N–H and O–H groups in total. The molecule has 0 spiro atoms. The van der Waals surface area contributed by atoms with Gasteiger partial charge in [0.2, 0.25) is 0 Å². The molecule has 0 amide bonds. The second-order valence-electron chi connectivity index (χ2n) is 12.2. The summed E-state index contributed by atoms with van der Waals surface area (Å²) in [5.74, 6) is -2.51. The Hall–Kier alpha value is -3.38. The smallest absolute Gasteiger partial charge is 0.276 e. The van der Waals surface area contributed by atoms with Gasteiger partial charge in [0.15, 0.2) is 0 Å². The fraction of sp³-hybridized carbons (Fsp3) is 0.562. The molecular formula is C32H38F2N6O. The van der Waals surface area contributed by atoms with E-state index in [9.17, 15) is 10.1 Å². The van der Waals surface area contributed by atoms with Gasteiger partial charge in [0, 0.05) is 29.6 Å². The third kappa shape index (κ3) is 5.23. The highest BCUT2D eigenvalue weighted by molar-refractivity contribution is 5.88. The van der Waals surface area contributed by atoms with Gasteiger partial charge in [0.1, 0.15) is 17.3 Å². The van der Waals surface area contributed by atoms with Crippen LogP contribution >= 0.6 is 0 Å². The molecule has 1 saturated carbocycles. The van der Waals surface area contributed by atoms with E-state index in [4.69, 9.17) is 4.98 Å². The molecule has 8 bridgehead atoms. The Bertz CT molecular complexity index is 1550. The van der Waals surface area contributed by atoms with Gasteiger partial charge in [-0.15, -0.1) is 0 Å². The first-order valence-electron chi connectivity index (χ1n) is 15.0. The lowest BCUT2D eigenvalue weighted by Crippen LogP contribution is -2.40. The number of rotatable bonds is 1. The van der Waals surface area contributed by atoms with E-state index in [1.165, 1.54) is 0 Å². The SMILES string of the molecule is Cc1nc2c3cc(C4(C#N)CC4)c(=O)n(c3n1)CCCCCCN1CCC(CC1)C(F)(F)c1cccc(c1)[C@@H](C)N2. The van der Waals surface area contributed by atoms with Gasteiger partial charge in [-0.1, -0.05) is 31.0 Å². The summed E-state index contributed by atoms with van der Waals surface area (Å²) in [6, 6.07) is 10.6. The van der Waals surface area contributed by atoms with Gasteiger partial charge in [-0.05, 0) is 89.7 Å². The second-order valence-corrected chi connectivity index (χ2v) is 12.2. The van der Waals surface area contributed by atoms with Gasteiger partial charge < -0.3 is 10.2 Å². The van der Waals surface area contributed by atoms with Crippen LogP contribution in [0.5, 0.6) is 0 Å². The quantitative estimate of drug-likeness (QED) is 0.381. The molecule has 9 heteroatoms. The molecule has 7 nitrogen and oxygen atoms in total. The molecule has 41 heavy (non-hydrogen) atoms. The van der Waals surface area contributed by atoms with Crippen LogP contribution in [-0.2, 0) is 17.9 Å². The van der Waals surface area contributed by atoms with Gasteiger partial charge >= 0.3 is 0 Å². The Morgan fingerprint density at radius 1 is 1.02 bits per heavy atom. The van der Waals surface area contributed by atoms with E-state index in [2.05, 4.69) is 21.3 Å². The highest BCUT2D eigenvalue weighted by Crippen LogP contribution is 2.47. The number of aromatic nitrogens is 3. The second kappa shape index (κ2) is 10.8. The molecule has 216 valence electrons. The van der Waals surface area contributed by atoms with Crippen LogP contribution in [0.15, 0.2) is 35.1 Å². The number of nitrogens with zero attached hydrogens (tertiary/aromatic N) is 5. The number of piperidine rings is 1. The summed E-state index contributed by atoms with van der Waals surface area (Å²) in [6.45, 7) is 6.56. The highest BCUT2D eigenvalue weighted by atomic mass is 19.3. The molecule has 3 aromatic rings. The third-order valence-corrected chi connectivity index (χ3v) is 9.37. The molecule has 1 atom stereocenters. The number of fused-ring (bicyclic) bond motifs is 8. The normalized spacial score (nSPS) is 25.8. The number of nitrogens with one attached hydrogen (secondary N) is 1. The first-order valence-corrected chi connectivity index (χ1v) is 15.0. The van der Waals surface area contributed by atoms with E-state index in [1.807, 2.05) is 13.0 Å². The maximum Gasteiger partial charge on any atom is 0.276 e. The van der Waals surface area contributed by atoms with Crippen LogP contribution in [0.2, 0.25) is 0 Å². The molecule has 2 aromatic heterocycles. The summed E-state index contributed by atoms with van der Waals surface area (Å²) in [6.07, 6.45) is 6.10. The van der Waals surface area contributed by atoms with E-state index in [1.54, 1.807) is 35.8 Å². The first kappa shape index (κ1) is 27.8. The molecule has 1 saturated heterocycles. The zero-order valence-electron chi connectivity index (χ0n) is 23.9. The van der Waals surface area contributed by atoms with Gasteiger partial charge in [-0.3, -0.25) is 9.36 Å². The van der Waals surface area contributed by atoms with E-state index < -0.39 is 17.3 Å². The Labute approximate surface area is 239 Å². The van der Waals surface area contributed by atoms with E-state index in [0.717, 1.165) is 37.8 Å². The van der Waals surface area contributed by atoms with Crippen molar-refractivity contribution < 1.29 is 8.78 Å². The molecule has 5 heterocycles. The highest BCUT2D eigenvalue weighted by Gasteiger charge is 2.47. The minimum Gasteiger partial charge on any atom is -0.363 e. The largest absolute Gasteiger partial charge is 0.363 e. The van der Waals surface area contributed by atoms with Crippen LogP contribution in [-0.4, -0.2) is 39.1 Å². The Balaban J connectivity index is 1.45. The van der Waals surface area contributed by atoms with Crippen molar-refractivity contribution in [3.05, 3.63) is 63.2 Å². The summed E-state index contributed by atoms with van der Waals surface area (Å²) < 4.78 is 33.3. The molecular weight excluding hydrogens is 522 g/mol. The monoisotopic (exact) mass is 560 g/mol. The van der Waals surface area contributed by atoms with Crippen molar-refractivity contribution in [2.45, 2.75) is 89.1 Å². The topological polar surface area (TPSA) is 86.8 Å². The zero-order chi connectivity index (χ0) is 28.8. The lowest BCUT2D eigenvalue weighted by Gasteiger charge is -2.36. The number of nitriles is 1. The van der Waals surface area contributed by atoms with Gasteiger partial charge in [-0.25, -0.2) is 18.7 Å². The van der Waals surface area contributed by atoms with Crippen molar-refractivity contribution in [3.8, 4) is 6.07 Å². The van der Waals surface area contributed by atoms with Crippen LogP contribution in [0.3, 0.4) is 0 Å². The summed E-state index contributed by atoms with van der Waals surface area (Å²) in [5, 5.41) is 14.1. The minimum absolute atomic E-state index is 0.0565. The van der Waals surface area contributed by atoms with E-state index in [0.29, 0.717) is 73.6 Å². The third-order valence-electron chi connectivity index (χ3n) is 9.37. The van der Waals surface area contributed by atoms with Crippen molar-refractivity contribution in [1.29, 1.82) is 5.26 Å². The van der Waals surface area contributed by atoms with Gasteiger partial charge in [-0.2, -0.15) is 5.26 Å². The molecule has 4 aliphatic rings. The summed E-state index contributed by atoms with van der Waals surface area (Å²) in [5.41, 5.74) is 0.941. The van der Waals surface area contributed by atoms with Crippen molar-refractivity contribution in [2.75, 3.05) is 25.0 Å². The van der Waals surface area contributed by atoms with E-state index >= 15 is 8.78 Å². The number of benzene rings is 1. The Morgan fingerprint density at radius 2 is 1.76 bits per heavy atom. The van der Waals surface area contributed by atoms with Crippen LogP contribution in [0.1, 0.15) is 86.8 Å². The first-order chi connectivity index (χ1) is 19.7. The van der Waals surface area contributed by atoms with Gasteiger partial charge in [0.25, 0.3) is 11.5 Å². The molecule has 3 aliphatic heterocycles. The molecule has 7 rings (SSSR count). The van der Waals surface area contributed by atoms with Crippen molar-refractivity contribution >= 4 is 16.9 Å². The number of aryl methyl sites for hydroxylation is 2. The molecule has 1 aliphatic carbocycles. The average Bonchev–Trinajstić information content (AvgIpc) is 3.76. The molecule has 0 radical (unpaired) electrons. The summed E-state index contributed by atoms with van der Waals surface area (Å²) in [7, 11) is 0. The van der Waals surface area contributed by atoms with Crippen LogP contribution in [0.25, 0.3) is 11.0 Å². The molecule has 1 aromatic carbocycles. The fourth-order valence-corrected chi connectivity index (χ4v) is 6.60. The minimum atomic E-state index is -2.90. The molecule has 2 fully saturated rings. The average molecular weight is 561 g/mol. The van der Waals surface area contributed by atoms with Gasteiger partial charge in [0.05, 0.1) is 16.9 Å². The zero-order valence-corrected chi connectivity index (χ0v) is 23.9. The lowest BCUT2D eigenvalue weighted by molar-refractivity contribution is -0.0855. The summed E-state index contributed by atoms with van der Waals surface area (Å²) in [4.78, 5) is 25.5. The maximum absolute atomic E-state index is 15.8. The van der Waals surface area contributed by atoms with Crippen LogP contribution in [0, 0.1) is 24.2 Å². The predicted octanol–water partition coefficient (Wildman–Crippen LogP) is 6.21. The fourth-order valence-electron chi connectivity index (χ4n) is 6.60. The maximum atomic E-state index is 15.8. The number of anilines is 1. The number of hydrogen-bond acceptors (Lipinski definition) is 6. The van der Waals surface area contributed by atoms with Crippen molar-refractivity contribution in [1.82, 2.24) is 19.4 Å². The lowest BCUT2D eigenvalue weighted by atomic mass is 9.85. The number of alkyl halides is 2. The van der Waals surface area contributed by atoms with Crippen molar-refractivity contribution in [2.24, 2.45) is 5.92 Å².